The molecule has 0 saturated carbocycles. The number of carboxylic acids is 1. The minimum absolute atomic E-state index is 0.210. The lowest BCUT2D eigenvalue weighted by Crippen LogP contribution is -2.33. The highest BCUT2D eigenvalue weighted by molar-refractivity contribution is 5.87. The van der Waals surface area contributed by atoms with Gasteiger partial charge in [-0.2, -0.15) is 0 Å². The van der Waals surface area contributed by atoms with E-state index in [1.54, 1.807) is 12.1 Å². The van der Waals surface area contributed by atoms with Gasteiger partial charge < -0.3 is 14.9 Å². The number of hydrogen-bond donors (Lipinski definition) is 2. The minimum atomic E-state index is -0.902. The Morgan fingerprint density at radius 1 is 1.10 bits per heavy atom. The van der Waals surface area contributed by atoms with Crippen molar-refractivity contribution in [2.75, 3.05) is 0 Å². The first kappa shape index (κ1) is 20.8. The molecular formula is C26H30O4. The van der Waals surface area contributed by atoms with Crippen molar-refractivity contribution in [1.82, 2.24) is 0 Å². The summed E-state index contributed by atoms with van der Waals surface area (Å²) in [6.45, 7) is 4.13. The second kappa shape index (κ2) is 8.37. The highest BCUT2D eigenvalue weighted by Gasteiger charge is 2.47. The van der Waals surface area contributed by atoms with Gasteiger partial charge in [-0.1, -0.05) is 68.5 Å². The molecular weight excluding hydrogens is 376 g/mol. The Kier molecular flexibility index (Phi) is 5.81. The number of aliphatic hydroxyl groups excluding tert-OH is 1. The lowest BCUT2D eigenvalue weighted by atomic mass is 9.74. The number of benzene rings is 2. The second-order valence-electron chi connectivity index (χ2n) is 9.16. The van der Waals surface area contributed by atoms with E-state index in [1.807, 2.05) is 36.4 Å². The van der Waals surface area contributed by atoms with Gasteiger partial charge in [-0.15, -0.1) is 0 Å². The van der Waals surface area contributed by atoms with Gasteiger partial charge in [0.05, 0.1) is 23.9 Å². The van der Waals surface area contributed by atoms with E-state index in [0.717, 1.165) is 30.4 Å². The van der Waals surface area contributed by atoms with Crippen LogP contribution < -0.4 is 0 Å². The minimum Gasteiger partial charge on any atom is -0.478 e. The molecule has 2 saturated heterocycles. The third-order valence-electron chi connectivity index (χ3n) is 6.93. The largest absolute Gasteiger partial charge is 0.478 e. The van der Waals surface area contributed by atoms with E-state index in [2.05, 4.69) is 32.1 Å². The van der Waals surface area contributed by atoms with Gasteiger partial charge in [0.1, 0.15) is 0 Å². The van der Waals surface area contributed by atoms with Crippen LogP contribution in [0.5, 0.6) is 0 Å². The molecule has 0 aromatic heterocycles. The molecule has 2 bridgehead atoms. The summed E-state index contributed by atoms with van der Waals surface area (Å²) in [7, 11) is 0. The van der Waals surface area contributed by atoms with Gasteiger partial charge in [-0.25, -0.2) is 4.79 Å². The van der Waals surface area contributed by atoms with Crippen molar-refractivity contribution in [3.63, 3.8) is 0 Å². The molecule has 4 rings (SSSR count). The van der Waals surface area contributed by atoms with Gasteiger partial charge in [0.2, 0.25) is 0 Å². The quantitative estimate of drug-likeness (QED) is 0.659. The standard InChI is InChI=1S/C26H30O4/c1-26(2,19-6-4-3-5-7-19)24(27)15-12-20-21(23-14-13-22(20)30-23)16-17-8-10-18(11-9-17)25(28)29/h3-12,15,20-24,27H,13-14,16H2,1-2H3,(H,28,29). The van der Waals surface area contributed by atoms with Crippen LogP contribution in [0.15, 0.2) is 66.7 Å². The summed E-state index contributed by atoms with van der Waals surface area (Å²) in [5, 5.41) is 20.0. The van der Waals surface area contributed by atoms with Crippen LogP contribution in [0.2, 0.25) is 0 Å². The van der Waals surface area contributed by atoms with E-state index in [-0.39, 0.29) is 23.5 Å². The summed E-state index contributed by atoms with van der Waals surface area (Å²) in [5.41, 5.74) is 2.18. The van der Waals surface area contributed by atoms with Crippen molar-refractivity contribution < 1.29 is 19.7 Å². The maximum atomic E-state index is 11.1. The van der Waals surface area contributed by atoms with Crippen molar-refractivity contribution in [2.24, 2.45) is 11.8 Å². The van der Waals surface area contributed by atoms with Gasteiger partial charge >= 0.3 is 5.97 Å². The first-order chi connectivity index (χ1) is 14.4. The van der Waals surface area contributed by atoms with Crippen molar-refractivity contribution in [3.8, 4) is 0 Å². The van der Waals surface area contributed by atoms with Gasteiger partial charge in [0.15, 0.2) is 0 Å². The van der Waals surface area contributed by atoms with E-state index in [9.17, 15) is 9.90 Å². The molecule has 4 nitrogen and oxygen atoms in total. The van der Waals surface area contributed by atoms with E-state index < -0.39 is 12.1 Å². The normalized spacial score (nSPS) is 26.9. The Morgan fingerprint density at radius 3 is 2.43 bits per heavy atom. The predicted octanol–water partition coefficient (Wildman–Crippen LogP) is 4.62. The molecule has 2 aliphatic heterocycles. The molecule has 30 heavy (non-hydrogen) atoms. The second-order valence-corrected chi connectivity index (χ2v) is 9.16. The molecule has 2 N–H and O–H groups in total. The molecule has 2 fully saturated rings. The summed E-state index contributed by atoms with van der Waals surface area (Å²) in [6.07, 6.45) is 6.96. The Morgan fingerprint density at radius 2 is 1.77 bits per heavy atom. The summed E-state index contributed by atoms with van der Waals surface area (Å²) in [4.78, 5) is 11.1. The number of ether oxygens (including phenoxy) is 1. The number of aromatic carboxylic acids is 1. The van der Waals surface area contributed by atoms with Crippen LogP contribution in [0.1, 0.15) is 48.2 Å². The summed E-state index contributed by atoms with van der Waals surface area (Å²) in [6, 6.07) is 17.3. The van der Waals surface area contributed by atoms with Gasteiger partial charge in [-0.05, 0) is 48.4 Å². The zero-order valence-electron chi connectivity index (χ0n) is 17.6. The fraction of sp³-hybridized carbons (Fsp3) is 0.423. The number of carboxylic acid groups (broad SMARTS) is 1. The van der Waals surface area contributed by atoms with E-state index in [1.165, 1.54) is 0 Å². The van der Waals surface area contributed by atoms with Crippen LogP contribution >= 0.6 is 0 Å². The van der Waals surface area contributed by atoms with Crippen molar-refractivity contribution in [1.29, 1.82) is 0 Å². The van der Waals surface area contributed by atoms with Gasteiger partial charge in [0, 0.05) is 11.3 Å². The van der Waals surface area contributed by atoms with Crippen LogP contribution in [-0.2, 0) is 16.6 Å². The van der Waals surface area contributed by atoms with Crippen molar-refractivity contribution >= 4 is 5.97 Å². The maximum absolute atomic E-state index is 11.1. The summed E-state index contributed by atoms with van der Waals surface area (Å²) in [5.74, 6) is -0.285. The molecule has 0 aliphatic carbocycles. The number of carbonyl (C=O) groups is 1. The topological polar surface area (TPSA) is 66.8 Å². The molecule has 0 radical (unpaired) electrons. The number of aliphatic hydroxyl groups is 1. The molecule has 158 valence electrons. The third kappa shape index (κ3) is 4.07. The molecule has 2 aliphatic rings. The first-order valence-corrected chi connectivity index (χ1v) is 10.8. The first-order valence-electron chi connectivity index (χ1n) is 10.8. The molecule has 2 heterocycles. The van der Waals surface area contributed by atoms with Gasteiger partial charge in [-0.3, -0.25) is 0 Å². The number of hydrogen-bond acceptors (Lipinski definition) is 3. The Labute approximate surface area is 178 Å². The SMILES string of the molecule is CC(C)(c1ccccc1)C(O)C=CC1C2CCC(O2)C1Cc1ccc(C(=O)O)cc1. The average Bonchev–Trinajstić information content (AvgIpc) is 3.35. The lowest BCUT2D eigenvalue weighted by molar-refractivity contribution is 0.0696. The molecule has 5 unspecified atom stereocenters. The molecule has 4 heteroatoms. The zero-order valence-corrected chi connectivity index (χ0v) is 17.6. The van der Waals surface area contributed by atoms with Crippen LogP contribution in [0.3, 0.4) is 0 Å². The number of rotatable bonds is 7. The highest BCUT2D eigenvalue weighted by Crippen LogP contribution is 2.45. The van der Waals surface area contributed by atoms with E-state index >= 15 is 0 Å². The molecule has 0 amide bonds. The van der Waals surface area contributed by atoms with Gasteiger partial charge in [0.25, 0.3) is 0 Å². The Hall–Kier alpha value is -2.43. The maximum Gasteiger partial charge on any atom is 0.335 e. The molecule has 2 aromatic carbocycles. The predicted molar refractivity (Wildman–Crippen MR) is 117 cm³/mol. The number of fused-ring (bicyclic) bond motifs is 2. The molecule has 5 atom stereocenters. The van der Waals surface area contributed by atoms with Crippen LogP contribution in [0.25, 0.3) is 0 Å². The fourth-order valence-electron chi connectivity index (χ4n) is 4.91. The highest BCUT2D eigenvalue weighted by atomic mass is 16.5. The average molecular weight is 407 g/mol. The molecule has 2 aromatic rings. The lowest BCUT2D eigenvalue weighted by Gasteiger charge is -2.30. The fourth-order valence-corrected chi connectivity index (χ4v) is 4.91. The van der Waals surface area contributed by atoms with Crippen LogP contribution in [0.4, 0.5) is 0 Å². The van der Waals surface area contributed by atoms with Crippen LogP contribution in [-0.4, -0.2) is 34.5 Å². The van der Waals surface area contributed by atoms with E-state index in [0.29, 0.717) is 11.5 Å². The summed E-state index contributed by atoms with van der Waals surface area (Å²) >= 11 is 0. The van der Waals surface area contributed by atoms with E-state index in [4.69, 9.17) is 9.84 Å². The third-order valence-corrected chi connectivity index (χ3v) is 6.93. The van der Waals surface area contributed by atoms with Crippen LogP contribution in [0, 0.1) is 11.8 Å². The van der Waals surface area contributed by atoms with Crippen molar-refractivity contribution in [2.45, 2.75) is 56.8 Å². The Balaban J connectivity index is 1.48. The zero-order chi connectivity index (χ0) is 21.3. The smallest absolute Gasteiger partial charge is 0.335 e. The monoisotopic (exact) mass is 406 g/mol. The van der Waals surface area contributed by atoms with Crippen molar-refractivity contribution in [3.05, 3.63) is 83.4 Å². The summed E-state index contributed by atoms with van der Waals surface area (Å²) < 4.78 is 6.21. The Bertz CT molecular complexity index is 900. The molecule has 0 spiro atoms.